The summed E-state index contributed by atoms with van der Waals surface area (Å²) in [7, 11) is 0. The van der Waals surface area contributed by atoms with Crippen molar-refractivity contribution in [1.82, 2.24) is 0 Å². The molecule has 0 radical (unpaired) electrons. The minimum Gasteiger partial charge on any atom is -0.299 e. The van der Waals surface area contributed by atoms with Crippen LogP contribution in [-0.4, -0.2) is 6.29 Å². The monoisotopic (exact) mass is 168 g/mol. The van der Waals surface area contributed by atoms with E-state index in [1.165, 1.54) is 24.8 Å². The third kappa shape index (κ3) is 6.14. The van der Waals surface area contributed by atoms with E-state index >= 15 is 0 Å². The van der Waals surface area contributed by atoms with Gasteiger partial charge in [0.25, 0.3) is 0 Å². The van der Waals surface area contributed by atoms with Crippen LogP contribution >= 0.6 is 0 Å². The van der Waals surface area contributed by atoms with Gasteiger partial charge in [-0.2, -0.15) is 0 Å². The van der Waals surface area contributed by atoms with Gasteiger partial charge in [0.1, 0.15) is 6.29 Å². The fraction of sp³-hybridized carbons (Fsp3) is 0.727. The molecule has 0 bridgehead atoms. The molecule has 0 N–H and O–H groups in total. The maximum Gasteiger partial charge on any atom is 0.142 e. The van der Waals surface area contributed by atoms with Crippen molar-refractivity contribution in [1.29, 1.82) is 0 Å². The van der Waals surface area contributed by atoms with Crippen molar-refractivity contribution in [2.24, 2.45) is 5.92 Å². The van der Waals surface area contributed by atoms with Crippen LogP contribution in [0.2, 0.25) is 0 Å². The third-order valence-corrected chi connectivity index (χ3v) is 2.07. The van der Waals surface area contributed by atoms with Crippen LogP contribution in [0.15, 0.2) is 11.6 Å². The molecule has 12 heavy (non-hydrogen) atoms. The third-order valence-electron chi connectivity index (χ3n) is 2.07. The Morgan fingerprint density at radius 1 is 1.50 bits per heavy atom. The number of rotatable bonds is 6. The quantitative estimate of drug-likeness (QED) is 0.439. The lowest BCUT2D eigenvalue weighted by molar-refractivity contribution is -0.104. The number of aldehydes is 1. The van der Waals surface area contributed by atoms with E-state index in [-0.39, 0.29) is 0 Å². The molecule has 1 atom stereocenters. The van der Waals surface area contributed by atoms with Crippen LogP contribution in [0, 0.1) is 5.92 Å². The van der Waals surface area contributed by atoms with Gasteiger partial charge in [-0.3, -0.25) is 4.79 Å². The summed E-state index contributed by atoms with van der Waals surface area (Å²) in [6.07, 6.45) is 7.46. The second kappa shape index (κ2) is 7.08. The molecular weight excluding hydrogens is 148 g/mol. The zero-order valence-electron chi connectivity index (χ0n) is 8.47. The van der Waals surface area contributed by atoms with Gasteiger partial charge in [0, 0.05) is 0 Å². The Labute approximate surface area is 75.9 Å². The predicted molar refractivity (Wildman–Crippen MR) is 53.1 cm³/mol. The van der Waals surface area contributed by atoms with E-state index in [2.05, 4.69) is 13.8 Å². The lowest BCUT2D eigenvalue weighted by Crippen LogP contribution is -1.95. The highest BCUT2D eigenvalue weighted by Gasteiger charge is 2.01. The average Bonchev–Trinajstić information content (AvgIpc) is 2.01. The van der Waals surface area contributed by atoms with Gasteiger partial charge >= 0.3 is 0 Å². The molecule has 0 aromatic carbocycles. The smallest absolute Gasteiger partial charge is 0.142 e. The highest BCUT2D eigenvalue weighted by atomic mass is 16.1. The summed E-state index contributed by atoms with van der Waals surface area (Å²) in [6.45, 7) is 6.48. The molecule has 0 aromatic heterocycles. The van der Waals surface area contributed by atoms with E-state index in [1.54, 1.807) is 6.08 Å². The number of allylic oxidation sites excluding steroid dienone is 2. The van der Waals surface area contributed by atoms with Crippen LogP contribution in [0.1, 0.15) is 46.5 Å². The van der Waals surface area contributed by atoms with Gasteiger partial charge in [0.2, 0.25) is 0 Å². The molecule has 1 heteroatoms. The second-order valence-corrected chi connectivity index (χ2v) is 3.60. The van der Waals surface area contributed by atoms with Crippen molar-refractivity contribution in [2.75, 3.05) is 0 Å². The summed E-state index contributed by atoms with van der Waals surface area (Å²) < 4.78 is 0. The van der Waals surface area contributed by atoms with Crippen molar-refractivity contribution in [2.45, 2.75) is 46.5 Å². The van der Waals surface area contributed by atoms with Crippen molar-refractivity contribution < 1.29 is 4.79 Å². The van der Waals surface area contributed by atoms with Gasteiger partial charge in [0.15, 0.2) is 0 Å². The molecule has 0 amide bonds. The first kappa shape index (κ1) is 11.4. The molecule has 0 saturated heterocycles. The fourth-order valence-corrected chi connectivity index (χ4v) is 1.39. The van der Waals surface area contributed by atoms with Gasteiger partial charge in [-0.25, -0.2) is 0 Å². The molecule has 0 aliphatic heterocycles. The highest BCUT2D eigenvalue weighted by molar-refractivity contribution is 5.65. The molecule has 70 valence electrons. The molecule has 0 rings (SSSR count). The standard InChI is InChI=1S/C11H20O/c1-4-5-6-10(2)9-11(3)7-8-12/h7-8,10H,4-6,9H2,1-3H3. The molecule has 0 aromatic rings. The van der Waals surface area contributed by atoms with Crippen LogP contribution in [0.25, 0.3) is 0 Å². The van der Waals surface area contributed by atoms with E-state index < -0.39 is 0 Å². The SMILES string of the molecule is CCCCC(C)CC(C)=CC=O. The topological polar surface area (TPSA) is 17.1 Å². The van der Waals surface area contributed by atoms with Crippen LogP contribution in [0.3, 0.4) is 0 Å². The van der Waals surface area contributed by atoms with Crippen molar-refractivity contribution in [3.05, 3.63) is 11.6 Å². The van der Waals surface area contributed by atoms with Gasteiger partial charge in [-0.15, -0.1) is 0 Å². The number of carbonyl (C=O) groups excluding carboxylic acids is 1. The van der Waals surface area contributed by atoms with Gasteiger partial charge in [-0.1, -0.05) is 38.7 Å². The minimum atomic E-state index is 0.723. The minimum absolute atomic E-state index is 0.723. The second-order valence-electron chi connectivity index (χ2n) is 3.60. The summed E-state index contributed by atoms with van der Waals surface area (Å²) in [4.78, 5) is 10.1. The van der Waals surface area contributed by atoms with E-state index in [4.69, 9.17) is 0 Å². The molecule has 0 fully saturated rings. The lowest BCUT2D eigenvalue weighted by atomic mass is 9.97. The maximum atomic E-state index is 10.1. The lowest BCUT2D eigenvalue weighted by Gasteiger charge is -2.09. The van der Waals surface area contributed by atoms with Gasteiger partial charge in [-0.05, 0) is 25.3 Å². The van der Waals surface area contributed by atoms with Crippen molar-refractivity contribution in [3.63, 3.8) is 0 Å². The van der Waals surface area contributed by atoms with Crippen LogP contribution in [-0.2, 0) is 4.79 Å². The average molecular weight is 168 g/mol. The van der Waals surface area contributed by atoms with Crippen molar-refractivity contribution in [3.8, 4) is 0 Å². The van der Waals surface area contributed by atoms with E-state index in [9.17, 15) is 4.79 Å². The van der Waals surface area contributed by atoms with Crippen LogP contribution < -0.4 is 0 Å². The summed E-state index contributed by atoms with van der Waals surface area (Å²) in [6, 6.07) is 0. The largest absolute Gasteiger partial charge is 0.299 e. The molecule has 0 heterocycles. The Bertz CT molecular complexity index is 147. The van der Waals surface area contributed by atoms with Crippen LogP contribution in [0.5, 0.6) is 0 Å². The molecule has 0 aliphatic rings. The Morgan fingerprint density at radius 2 is 2.17 bits per heavy atom. The summed E-state index contributed by atoms with van der Waals surface area (Å²) in [5, 5.41) is 0. The Morgan fingerprint density at radius 3 is 2.67 bits per heavy atom. The molecule has 0 spiro atoms. The normalized spacial score (nSPS) is 14.4. The summed E-state index contributed by atoms with van der Waals surface area (Å²) in [5.74, 6) is 0.723. The molecular formula is C11H20O. The van der Waals surface area contributed by atoms with Gasteiger partial charge in [0.05, 0.1) is 0 Å². The molecule has 1 unspecified atom stereocenters. The first-order valence-electron chi connectivity index (χ1n) is 4.81. The Balaban J connectivity index is 3.60. The summed E-state index contributed by atoms with van der Waals surface area (Å²) in [5.41, 5.74) is 1.20. The number of hydrogen-bond donors (Lipinski definition) is 0. The number of unbranched alkanes of at least 4 members (excludes halogenated alkanes) is 1. The zero-order chi connectivity index (χ0) is 9.40. The van der Waals surface area contributed by atoms with E-state index in [0.717, 1.165) is 18.6 Å². The van der Waals surface area contributed by atoms with Crippen molar-refractivity contribution >= 4 is 6.29 Å². The Hall–Kier alpha value is -0.590. The Kier molecular flexibility index (Phi) is 6.73. The maximum absolute atomic E-state index is 10.1. The van der Waals surface area contributed by atoms with Gasteiger partial charge < -0.3 is 0 Å². The zero-order valence-corrected chi connectivity index (χ0v) is 8.47. The van der Waals surface area contributed by atoms with Crippen LogP contribution in [0.4, 0.5) is 0 Å². The number of hydrogen-bond acceptors (Lipinski definition) is 1. The van der Waals surface area contributed by atoms with E-state index in [1.807, 2.05) is 6.92 Å². The molecule has 0 saturated carbocycles. The first-order valence-corrected chi connectivity index (χ1v) is 4.81. The predicted octanol–water partition coefficient (Wildman–Crippen LogP) is 3.35. The molecule has 0 aliphatic carbocycles. The van der Waals surface area contributed by atoms with E-state index in [0.29, 0.717) is 0 Å². The first-order chi connectivity index (χ1) is 5.70. The highest BCUT2D eigenvalue weighted by Crippen LogP contribution is 2.16. The fourth-order valence-electron chi connectivity index (χ4n) is 1.39. The number of carbonyl (C=O) groups is 1. The molecule has 1 nitrogen and oxygen atoms in total. The summed E-state index contributed by atoms with van der Waals surface area (Å²) >= 11 is 0.